The number of carbonyl (C=O) groups excluding carboxylic acids is 1. The van der Waals surface area contributed by atoms with Crippen LogP contribution in [-0.4, -0.2) is 21.0 Å². The highest BCUT2D eigenvalue weighted by molar-refractivity contribution is 14.1. The van der Waals surface area contributed by atoms with Crippen LogP contribution in [0.5, 0.6) is 5.75 Å². The summed E-state index contributed by atoms with van der Waals surface area (Å²) in [5.41, 5.74) is 5.65. The molecule has 5 nitrogen and oxygen atoms in total. The van der Waals surface area contributed by atoms with Gasteiger partial charge in [0.05, 0.1) is 23.5 Å². The number of rotatable bonds is 5. The molecular weight excluding hydrogens is 477 g/mol. The van der Waals surface area contributed by atoms with Crippen LogP contribution in [0.25, 0.3) is 11.3 Å². The van der Waals surface area contributed by atoms with Crippen molar-refractivity contribution in [3.05, 3.63) is 68.5 Å². The van der Waals surface area contributed by atoms with Crippen LogP contribution < -0.4 is 5.32 Å². The first kappa shape index (κ1) is 19.8. The monoisotopic (exact) mass is 499 g/mol. The Morgan fingerprint density at radius 2 is 1.93 bits per heavy atom. The highest BCUT2D eigenvalue weighted by Gasteiger charge is 2.22. The Morgan fingerprint density at radius 1 is 1.14 bits per heavy atom. The molecule has 2 aromatic carbocycles. The van der Waals surface area contributed by atoms with Gasteiger partial charge in [-0.15, -0.1) is 0 Å². The van der Waals surface area contributed by atoms with Crippen LogP contribution in [0.3, 0.4) is 0 Å². The van der Waals surface area contributed by atoms with E-state index in [1.807, 2.05) is 30.3 Å². The first-order chi connectivity index (χ1) is 14.0. The number of fused-ring (bicyclic) bond motifs is 3. The van der Waals surface area contributed by atoms with E-state index >= 15 is 0 Å². The number of amides is 1. The molecule has 0 bridgehead atoms. The summed E-state index contributed by atoms with van der Waals surface area (Å²) in [6, 6.07) is 13.3. The van der Waals surface area contributed by atoms with E-state index in [1.165, 1.54) is 0 Å². The molecule has 1 aliphatic rings. The lowest BCUT2D eigenvalue weighted by Gasteiger charge is -2.21. The first-order valence-corrected chi connectivity index (χ1v) is 10.9. The number of benzene rings is 2. The number of nitrogens with one attached hydrogen (secondary N) is 1. The zero-order chi connectivity index (χ0) is 20.4. The molecule has 0 aliphatic heterocycles. The molecule has 0 spiro atoms. The maximum Gasteiger partial charge on any atom is 0.229 e. The van der Waals surface area contributed by atoms with E-state index in [9.17, 15) is 9.90 Å². The molecule has 1 aromatic heterocycles. The van der Waals surface area contributed by atoms with Crippen LogP contribution in [-0.2, 0) is 30.5 Å². The summed E-state index contributed by atoms with van der Waals surface area (Å²) in [5, 5.41) is 12.8. The van der Waals surface area contributed by atoms with Crippen molar-refractivity contribution in [3.63, 3.8) is 0 Å². The second kappa shape index (κ2) is 8.49. The van der Waals surface area contributed by atoms with Crippen molar-refractivity contribution >= 4 is 34.3 Å². The zero-order valence-corrected chi connectivity index (χ0v) is 18.4. The molecule has 1 amide bonds. The van der Waals surface area contributed by atoms with Crippen molar-refractivity contribution in [3.8, 4) is 17.0 Å². The van der Waals surface area contributed by atoms with Gasteiger partial charge >= 0.3 is 0 Å². The Bertz CT molecular complexity index is 1060. The lowest BCUT2D eigenvalue weighted by atomic mass is 9.91. The summed E-state index contributed by atoms with van der Waals surface area (Å²) in [7, 11) is 0. The minimum absolute atomic E-state index is 0.0843. The molecule has 0 saturated carbocycles. The topological polar surface area (TPSA) is 75.1 Å². The second-order valence-electron chi connectivity index (χ2n) is 7.26. The predicted molar refractivity (Wildman–Crippen MR) is 122 cm³/mol. The molecule has 4 rings (SSSR count). The van der Waals surface area contributed by atoms with E-state index in [0.29, 0.717) is 12.2 Å². The molecule has 6 heteroatoms. The Labute approximate surface area is 183 Å². The summed E-state index contributed by atoms with van der Waals surface area (Å²) >= 11 is 2.25. The number of halogens is 1. The Kier molecular flexibility index (Phi) is 5.80. The summed E-state index contributed by atoms with van der Waals surface area (Å²) in [6.07, 6.45) is 3.51. The van der Waals surface area contributed by atoms with Gasteiger partial charge in [-0.25, -0.2) is 9.97 Å². The summed E-state index contributed by atoms with van der Waals surface area (Å²) in [6.45, 7) is 2.09. The maximum atomic E-state index is 12.6. The molecular formula is C23H22IN3O2. The van der Waals surface area contributed by atoms with Crippen molar-refractivity contribution in [2.24, 2.45) is 0 Å². The van der Waals surface area contributed by atoms with Gasteiger partial charge < -0.3 is 10.4 Å². The number of aromatic hydroxyl groups is 1. The number of nitrogens with zero attached hydrogens (tertiary/aromatic N) is 2. The number of carbonyl (C=O) groups is 1. The fourth-order valence-electron chi connectivity index (χ4n) is 3.64. The van der Waals surface area contributed by atoms with E-state index in [0.717, 1.165) is 63.0 Å². The number of hydrogen-bond acceptors (Lipinski definition) is 4. The molecule has 148 valence electrons. The highest BCUT2D eigenvalue weighted by Crippen LogP contribution is 2.34. The number of phenolic OH excluding ortho intramolecular Hbond substituents is 1. The van der Waals surface area contributed by atoms with Crippen molar-refractivity contribution < 1.29 is 9.90 Å². The molecule has 0 atom stereocenters. The lowest BCUT2D eigenvalue weighted by molar-refractivity contribution is -0.115. The second-order valence-corrected chi connectivity index (χ2v) is 8.50. The molecule has 0 saturated heterocycles. The average Bonchev–Trinajstić information content (AvgIpc) is 2.70. The number of hydrogen-bond donors (Lipinski definition) is 2. The standard InChI is InChI=1S/C23H22IN3O2/c1-2-3-20-23(27-21(29)12-14-4-7-16(24)8-5-14)26-19-11-6-15-13-17(28)9-10-18(15)22(19)25-20/h4-5,7-10,13,28H,2-3,6,11-12H2,1H3,(H,26,27,29). The molecule has 1 heterocycles. The SMILES string of the molecule is CCCc1nc2c(nc1NC(=O)Cc1ccc(I)cc1)CCc1cc(O)ccc1-2. The van der Waals surface area contributed by atoms with E-state index in [4.69, 9.17) is 9.97 Å². The Morgan fingerprint density at radius 3 is 2.69 bits per heavy atom. The summed E-state index contributed by atoms with van der Waals surface area (Å²) in [5.74, 6) is 0.760. The van der Waals surface area contributed by atoms with Crippen molar-refractivity contribution in [2.75, 3.05) is 5.32 Å². The fourth-order valence-corrected chi connectivity index (χ4v) is 4.00. The normalized spacial score (nSPS) is 12.2. The average molecular weight is 499 g/mol. The van der Waals surface area contributed by atoms with Gasteiger partial charge in [0, 0.05) is 9.13 Å². The van der Waals surface area contributed by atoms with Crippen molar-refractivity contribution in [2.45, 2.75) is 39.0 Å². The quantitative estimate of drug-likeness (QED) is 0.500. The number of aromatic nitrogens is 2. The van der Waals surface area contributed by atoms with Gasteiger partial charge in [0.25, 0.3) is 0 Å². The molecule has 1 aliphatic carbocycles. The van der Waals surface area contributed by atoms with Gasteiger partial charge in [0.2, 0.25) is 5.91 Å². The zero-order valence-electron chi connectivity index (χ0n) is 16.2. The third kappa shape index (κ3) is 4.42. The van der Waals surface area contributed by atoms with Gasteiger partial charge in [-0.3, -0.25) is 4.79 Å². The third-order valence-electron chi connectivity index (χ3n) is 5.04. The number of aryl methyl sites for hydroxylation is 3. The molecule has 0 fully saturated rings. The Balaban J connectivity index is 1.63. The van der Waals surface area contributed by atoms with Gasteiger partial charge in [-0.05, 0) is 83.3 Å². The smallest absolute Gasteiger partial charge is 0.229 e. The van der Waals surface area contributed by atoms with E-state index in [2.05, 4.69) is 34.8 Å². The summed E-state index contributed by atoms with van der Waals surface area (Å²) in [4.78, 5) is 22.3. The largest absolute Gasteiger partial charge is 0.508 e. The van der Waals surface area contributed by atoms with E-state index in [1.54, 1.807) is 12.1 Å². The van der Waals surface area contributed by atoms with Gasteiger partial charge in [0.1, 0.15) is 5.75 Å². The van der Waals surface area contributed by atoms with Crippen LogP contribution in [0.4, 0.5) is 5.82 Å². The van der Waals surface area contributed by atoms with Crippen LogP contribution >= 0.6 is 22.6 Å². The maximum absolute atomic E-state index is 12.6. The molecule has 2 N–H and O–H groups in total. The predicted octanol–water partition coefficient (Wildman–Crippen LogP) is 4.69. The number of phenols is 1. The fraction of sp³-hybridized carbons (Fsp3) is 0.261. The molecule has 0 radical (unpaired) electrons. The minimum atomic E-state index is -0.0843. The van der Waals surface area contributed by atoms with Gasteiger partial charge in [-0.1, -0.05) is 25.5 Å². The van der Waals surface area contributed by atoms with Crippen LogP contribution in [0, 0.1) is 3.57 Å². The van der Waals surface area contributed by atoms with E-state index < -0.39 is 0 Å². The van der Waals surface area contributed by atoms with Crippen LogP contribution in [0.2, 0.25) is 0 Å². The highest BCUT2D eigenvalue weighted by atomic mass is 127. The van der Waals surface area contributed by atoms with Gasteiger partial charge in [0.15, 0.2) is 5.82 Å². The van der Waals surface area contributed by atoms with Crippen LogP contribution in [0.15, 0.2) is 42.5 Å². The lowest BCUT2D eigenvalue weighted by Crippen LogP contribution is -2.19. The van der Waals surface area contributed by atoms with Crippen LogP contribution in [0.1, 0.15) is 35.9 Å². The minimum Gasteiger partial charge on any atom is -0.508 e. The molecule has 0 unspecified atom stereocenters. The number of anilines is 1. The van der Waals surface area contributed by atoms with Crippen molar-refractivity contribution in [1.29, 1.82) is 0 Å². The molecule has 29 heavy (non-hydrogen) atoms. The third-order valence-corrected chi connectivity index (χ3v) is 5.76. The van der Waals surface area contributed by atoms with Crippen molar-refractivity contribution in [1.82, 2.24) is 9.97 Å². The van der Waals surface area contributed by atoms with E-state index in [-0.39, 0.29) is 11.7 Å². The Hall–Kier alpha value is -2.48. The first-order valence-electron chi connectivity index (χ1n) is 9.80. The summed E-state index contributed by atoms with van der Waals surface area (Å²) < 4.78 is 1.14. The molecule has 3 aromatic rings. The van der Waals surface area contributed by atoms with Gasteiger partial charge in [-0.2, -0.15) is 0 Å².